The molecule has 44 valence electrons. The molecule has 0 saturated heterocycles. The van der Waals surface area contributed by atoms with E-state index in [4.69, 9.17) is 4.55 Å². The van der Waals surface area contributed by atoms with Crippen LogP contribution in [0, 0.1) is 0 Å². The zero-order valence-electron chi connectivity index (χ0n) is 3.77. The van der Waals surface area contributed by atoms with Crippen LogP contribution in [0.2, 0.25) is 0 Å². The lowest BCUT2D eigenvalue weighted by atomic mass is 11.0. The third-order valence-electron chi connectivity index (χ3n) is 0.582. The van der Waals surface area contributed by atoms with Crippen LogP contribution >= 0.6 is 0 Å². The van der Waals surface area contributed by atoms with Crippen LogP contribution in [0.1, 0.15) is 0 Å². The lowest BCUT2D eigenvalue weighted by Gasteiger charge is -1.78. The van der Waals surface area contributed by atoms with Gasteiger partial charge in [-0.05, 0) is 0 Å². The molecule has 1 atom stereocenters. The molecule has 0 aliphatic rings. The van der Waals surface area contributed by atoms with Gasteiger partial charge in [-0.15, -0.1) is 0 Å². The number of rotatable bonds is 1. The van der Waals surface area contributed by atoms with Crippen LogP contribution in [0.25, 0.3) is 0 Å². The van der Waals surface area contributed by atoms with E-state index in [0.717, 1.165) is 6.39 Å². The predicted octanol–water partition coefficient (Wildman–Crippen LogP) is 0.255. The quantitative estimate of drug-likeness (QED) is 0.558. The van der Waals surface area contributed by atoms with Crippen molar-refractivity contribution in [3.8, 4) is 0 Å². The molecule has 1 rings (SSSR count). The zero-order valence-corrected chi connectivity index (χ0v) is 4.59. The normalized spacial score (nSPS) is 13.6. The van der Waals surface area contributed by atoms with Gasteiger partial charge in [0.05, 0.1) is 6.20 Å². The molecule has 0 radical (unpaired) electrons. The highest BCUT2D eigenvalue weighted by Crippen LogP contribution is 1.99. The first-order valence-corrected chi connectivity index (χ1v) is 2.90. The molecule has 4 nitrogen and oxygen atoms in total. The van der Waals surface area contributed by atoms with Crippen LogP contribution in [-0.2, 0) is 11.1 Å². The molecule has 0 aliphatic carbocycles. The van der Waals surface area contributed by atoms with Crippen molar-refractivity contribution in [2.75, 3.05) is 0 Å². The van der Waals surface area contributed by atoms with Crippen LogP contribution in [0.5, 0.6) is 0 Å². The molecule has 0 aromatic carbocycles. The summed E-state index contributed by atoms with van der Waals surface area (Å²) in [6, 6.07) is 0. The number of oxazole rings is 1. The maximum atomic E-state index is 10.0. The molecule has 0 amide bonds. The van der Waals surface area contributed by atoms with Crippen molar-refractivity contribution >= 4 is 11.1 Å². The second-order valence-corrected chi connectivity index (χ2v) is 1.97. The van der Waals surface area contributed by atoms with Gasteiger partial charge in [0, 0.05) is 0 Å². The van der Waals surface area contributed by atoms with E-state index >= 15 is 0 Å². The van der Waals surface area contributed by atoms with Gasteiger partial charge >= 0.3 is 0 Å². The third-order valence-corrected chi connectivity index (χ3v) is 1.13. The molecular formula is C3H3NO3S. The van der Waals surface area contributed by atoms with Gasteiger partial charge in [0.1, 0.15) is 0 Å². The first-order chi connectivity index (χ1) is 3.80. The summed E-state index contributed by atoms with van der Waals surface area (Å²) in [5.74, 6) is 0. The summed E-state index contributed by atoms with van der Waals surface area (Å²) < 4.78 is 22.7. The van der Waals surface area contributed by atoms with Gasteiger partial charge in [0.25, 0.3) is 0 Å². The molecule has 1 heterocycles. The minimum Gasteiger partial charge on any atom is -0.432 e. The fourth-order valence-corrected chi connectivity index (χ4v) is 0.567. The van der Waals surface area contributed by atoms with Gasteiger partial charge in [-0.25, -0.2) is 9.19 Å². The minimum absolute atomic E-state index is 0.0231. The SMILES string of the molecule is O=S(O)c1cnco1. The first kappa shape index (κ1) is 5.46. The van der Waals surface area contributed by atoms with Crippen LogP contribution in [0.3, 0.4) is 0 Å². The monoisotopic (exact) mass is 133 g/mol. The fourth-order valence-electron chi connectivity index (χ4n) is 0.290. The zero-order chi connectivity index (χ0) is 5.98. The van der Waals surface area contributed by atoms with E-state index in [9.17, 15) is 4.21 Å². The van der Waals surface area contributed by atoms with E-state index < -0.39 is 11.1 Å². The first-order valence-electron chi connectivity index (χ1n) is 1.80. The van der Waals surface area contributed by atoms with Crippen LogP contribution in [-0.4, -0.2) is 13.7 Å². The Kier molecular flexibility index (Phi) is 1.40. The lowest BCUT2D eigenvalue weighted by molar-refractivity contribution is 0.438. The van der Waals surface area contributed by atoms with E-state index in [2.05, 4.69) is 9.40 Å². The van der Waals surface area contributed by atoms with E-state index in [1.54, 1.807) is 0 Å². The molecule has 8 heavy (non-hydrogen) atoms. The molecule has 1 unspecified atom stereocenters. The highest BCUT2D eigenvalue weighted by molar-refractivity contribution is 7.79. The molecule has 1 N–H and O–H groups in total. The van der Waals surface area contributed by atoms with Gasteiger partial charge in [0.15, 0.2) is 6.39 Å². The van der Waals surface area contributed by atoms with E-state index in [1.807, 2.05) is 0 Å². The number of aromatic nitrogens is 1. The second kappa shape index (κ2) is 2.06. The van der Waals surface area contributed by atoms with Crippen molar-refractivity contribution < 1.29 is 13.2 Å². The fraction of sp³-hybridized carbons (Fsp3) is 0. The summed E-state index contributed by atoms with van der Waals surface area (Å²) in [7, 11) is 0. The summed E-state index contributed by atoms with van der Waals surface area (Å²) in [6.45, 7) is 0. The molecule has 0 spiro atoms. The molecule has 0 fully saturated rings. The predicted molar refractivity (Wildman–Crippen MR) is 25.5 cm³/mol. The molecular weight excluding hydrogens is 130 g/mol. The summed E-state index contributed by atoms with van der Waals surface area (Å²) in [4.78, 5) is 3.42. The number of nitrogens with zero attached hydrogens (tertiary/aromatic N) is 1. The van der Waals surface area contributed by atoms with Crippen LogP contribution in [0.15, 0.2) is 22.1 Å². The van der Waals surface area contributed by atoms with Crippen molar-refractivity contribution in [3.63, 3.8) is 0 Å². The van der Waals surface area contributed by atoms with Crippen molar-refractivity contribution in [1.29, 1.82) is 0 Å². The maximum Gasteiger partial charge on any atom is 0.237 e. The molecule has 1 aromatic rings. The van der Waals surface area contributed by atoms with E-state index in [1.165, 1.54) is 6.20 Å². The topological polar surface area (TPSA) is 63.3 Å². The average Bonchev–Trinajstić information content (AvgIpc) is 2.12. The standard InChI is InChI=1S/C3H3NO3S/c5-8(6)3-1-4-2-7-3/h1-2H,(H,5,6). The highest BCUT2D eigenvalue weighted by Gasteiger charge is 1.99. The van der Waals surface area contributed by atoms with Gasteiger partial charge < -0.3 is 4.42 Å². The third kappa shape index (κ3) is 0.932. The van der Waals surface area contributed by atoms with E-state index in [0.29, 0.717) is 0 Å². The Labute approximate surface area is 47.8 Å². The Bertz CT molecular complexity index is 182. The highest BCUT2D eigenvalue weighted by atomic mass is 32.2. The van der Waals surface area contributed by atoms with Gasteiger partial charge in [-0.1, -0.05) is 0 Å². The molecule has 1 aromatic heterocycles. The van der Waals surface area contributed by atoms with Crippen molar-refractivity contribution in [2.24, 2.45) is 0 Å². The number of hydrogen-bond donors (Lipinski definition) is 1. The molecule has 0 saturated carbocycles. The molecule has 0 aliphatic heterocycles. The summed E-state index contributed by atoms with van der Waals surface area (Å²) in [6.07, 6.45) is 2.29. The molecule has 5 heteroatoms. The van der Waals surface area contributed by atoms with Crippen molar-refractivity contribution in [1.82, 2.24) is 4.98 Å². The Balaban J connectivity index is 2.93. The summed E-state index contributed by atoms with van der Waals surface area (Å²) >= 11 is -2.03. The second-order valence-electron chi connectivity index (χ2n) is 1.07. The Morgan fingerprint density at radius 3 is 2.88 bits per heavy atom. The van der Waals surface area contributed by atoms with Gasteiger partial charge in [0.2, 0.25) is 16.2 Å². The van der Waals surface area contributed by atoms with Crippen LogP contribution in [0.4, 0.5) is 0 Å². The lowest BCUT2D eigenvalue weighted by Crippen LogP contribution is -1.81. The Hall–Kier alpha value is -0.680. The summed E-state index contributed by atoms with van der Waals surface area (Å²) in [5.41, 5.74) is 0. The van der Waals surface area contributed by atoms with Crippen molar-refractivity contribution in [2.45, 2.75) is 5.09 Å². The number of hydrogen-bond acceptors (Lipinski definition) is 3. The minimum atomic E-state index is -2.03. The maximum absolute atomic E-state index is 10.0. The van der Waals surface area contributed by atoms with Crippen molar-refractivity contribution in [3.05, 3.63) is 12.6 Å². The molecule has 0 bridgehead atoms. The van der Waals surface area contributed by atoms with E-state index in [-0.39, 0.29) is 5.09 Å². The Morgan fingerprint density at radius 1 is 1.88 bits per heavy atom. The largest absolute Gasteiger partial charge is 0.432 e. The van der Waals surface area contributed by atoms with Gasteiger partial charge in [-0.2, -0.15) is 0 Å². The van der Waals surface area contributed by atoms with Gasteiger partial charge in [-0.3, -0.25) is 4.55 Å². The summed E-state index contributed by atoms with van der Waals surface area (Å²) in [5, 5.41) is -0.0231. The average molecular weight is 133 g/mol. The Morgan fingerprint density at radius 2 is 2.62 bits per heavy atom. The smallest absolute Gasteiger partial charge is 0.237 e. The van der Waals surface area contributed by atoms with Crippen LogP contribution < -0.4 is 0 Å².